The summed E-state index contributed by atoms with van der Waals surface area (Å²) in [6, 6.07) is 5.42. The van der Waals surface area contributed by atoms with E-state index in [0.717, 1.165) is 16.5 Å². The number of cyclic esters (lactones) is 1. The standard InChI is InChI=1S/C18H18F3N3O3/c1-11-5-6-23(9-11)16-4-3-13(7-15(16)18(19,20)21)24-10-14(27-17(24)26)8-22-12(2)25/h3-7,9,14H,8,10H2,1-2H3,(H,22,25)/t14-/m0/s1. The number of ether oxygens (including phenoxy) is 1. The van der Waals surface area contributed by atoms with Crippen molar-refractivity contribution in [2.75, 3.05) is 18.0 Å². The van der Waals surface area contributed by atoms with Crippen molar-refractivity contribution in [3.05, 3.63) is 47.8 Å². The molecule has 0 saturated carbocycles. The first-order chi connectivity index (χ1) is 12.6. The van der Waals surface area contributed by atoms with Crippen LogP contribution in [0.2, 0.25) is 0 Å². The maximum Gasteiger partial charge on any atom is 0.418 e. The van der Waals surface area contributed by atoms with Crippen molar-refractivity contribution in [2.45, 2.75) is 26.1 Å². The highest BCUT2D eigenvalue weighted by Gasteiger charge is 2.37. The van der Waals surface area contributed by atoms with Crippen LogP contribution in [0.5, 0.6) is 0 Å². The second kappa shape index (κ2) is 6.98. The fraction of sp³-hybridized carbons (Fsp3) is 0.333. The highest BCUT2D eigenvalue weighted by Crippen LogP contribution is 2.37. The highest BCUT2D eigenvalue weighted by molar-refractivity contribution is 5.90. The molecule has 2 amide bonds. The van der Waals surface area contributed by atoms with Gasteiger partial charge in [0, 0.05) is 25.0 Å². The molecule has 1 aliphatic heterocycles. The minimum Gasteiger partial charge on any atom is -0.442 e. The van der Waals surface area contributed by atoms with Crippen molar-refractivity contribution in [3.63, 3.8) is 0 Å². The lowest BCUT2D eigenvalue weighted by Gasteiger charge is -2.19. The van der Waals surface area contributed by atoms with E-state index in [9.17, 15) is 22.8 Å². The summed E-state index contributed by atoms with van der Waals surface area (Å²) in [7, 11) is 0. The van der Waals surface area contributed by atoms with E-state index >= 15 is 0 Å². The third kappa shape index (κ3) is 4.07. The summed E-state index contributed by atoms with van der Waals surface area (Å²) in [6.45, 7) is 3.27. The van der Waals surface area contributed by atoms with Gasteiger partial charge in [-0.1, -0.05) is 0 Å². The molecule has 1 aromatic carbocycles. The Morgan fingerprint density at radius 2 is 2.07 bits per heavy atom. The molecular formula is C18H18F3N3O3. The summed E-state index contributed by atoms with van der Waals surface area (Å²) in [5, 5.41) is 2.52. The summed E-state index contributed by atoms with van der Waals surface area (Å²) in [4.78, 5) is 24.2. The Hall–Kier alpha value is -2.97. The number of rotatable bonds is 4. The van der Waals surface area contributed by atoms with Gasteiger partial charge in [-0.3, -0.25) is 9.69 Å². The second-order valence-corrected chi connectivity index (χ2v) is 6.35. The Labute approximate surface area is 153 Å². The molecule has 27 heavy (non-hydrogen) atoms. The van der Waals surface area contributed by atoms with Crippen LogP contribution in [0.25, 0.3) is 5.69 Å². The molecule has 1 fully saturated rings. The number of aromatic nitrogens is 1. The molecule has 1 N–H and O–H groups in total. The van der Waals surface area contributed by atoms with Gasteiger partial charge in [0.25, 0.3) is 0 Å². The van der Waals surface area contributed by atoms with Crippen LogP contribution in [0.4, 0.5) is 23.7 Å². The molecule has 1 saturated heterocycles. The van der Waals surface area contributed by atoms with Gasteiger partial charge >= 0.3 is 12.3 Å². The second-order valence-electron chi connectivity index (χ2n) is 6.35. The van der Waals surface area contributed by atoms with E-state index in [1.165, 1.54) is 23.6 Å². The number of amides is 2. The van der Waals surface area contributed by atoms with Crippen LogP contribution in [-0.4, -0.2) is 35.8 Å². The number of nitrogens with zero attached hydrogens (tertiary/aromatic N) is 2. The van der Waals surface area contributed by atoms with Crippen molar-refractivity contribution in [3.8, 4) is 5.69 Å². The topological polar surface area (TPSA) is 63.6 Å². The molecule has 0 unspecified atom stereocenters. The van der Waals surface area contributed by atoms with Gasteiger partial charge in [-0.2, -0.15) is 13.2 Å². The quantitative estimate of drug-likeness (QED) is 0.884. The zero-order chi connectivity index (χ0) is 19.8. The molecule has 144 valence electrons. The lowest BCUT2D eigenvalue weighted by atomic mass is 10.1. The Bertz CT molecular complexity index is 876. The number of alkyl halides is 3. The lowest BCUT2D eigenvalue weighted by Crippen LogP contribution is -2.33. The molecule has 1 aromatic heterocycles. The monoisotopic (exact) mass is 381 g/mol. The van der Waals surface area contributed by atoms with Crippen molar-refractivity contribution in [1.29, 1.82) is 0 Å². The van der Waals surface area contributed by atoms with Crippen LogP contribution >= 0.6 is 0 Å². The molecule has 0 bridgehead atoms. The van der Waals surface area contributed by atoms with Crippen molar-refractivity contribution >= 4 is 17.7 Å². The van der Waals surface area contributed by atoms with Gasteiger partial charge in [0.05, 0.1) is 24.3 Å². The first-order valence-electron chi connectivity index (χ1n) is 8.24. The van der Waals surface area contributed by atoms with Gasteiger partial charge in [-0.25, -0.2) is 4.79 Å². The zero-order valence-electron chi connectivity index (χ0n) is 14.7. The van der Waals surface area contributed by atoms with Gasteiger partial charge in [0.2, 0.25) is 5.91 Å². The maximum atomic E-state index is 13.6. The molecule has 0 aliphatic carbocycles. The number of hydrogen-bond acceptors (Lipinski definition) is 3. The SMILES string of the molecule is CC(=O)NC[C@H]1CN(c2ccc(-n3ccc(C)c3)c(C(F)(F)F)c2)C(=O)O1. The maximum absolute atomic E-state index is 13.6. The Balaban J connectivity index is 1.91. The van der Waals surface area contributed by atoms with E-state index in [0.29, 0.717) is 0 Å². The average molecular weight is 381 g/mol. The third-order valence-electron chi connectivity index (χ3n) is 4.17. The molecular weight excluding hydrogens is 363 g/mol. The number of hydrogen-bond donors (Lipinski definition) is 1. The number of carbonyl (C=O) groups is 2. The van der Waals surface area contributed by atoms with Gasteiger partial charge in [-0.15, -0.1) is 0 Å². The molecule has 1 atom stereocenters. The van der Waals surface area contributed by atoms with Crippen LogP contribution in [0.3, 0.4) is 0 Å². The van der Waals surface area contributed by atoms with Gasteiger partial charge < -0.3 is 14.6 Å². The molecule has 9 heteroatoms. The Morgan fingerprint density at radius 3 is 2.67 bits per heavy atom. The Morgan fingerprint density at radius 1 is 1.33 bits per heavy atom. The van der Waals surface area contributed by atoms with E-state index in [-0.39, 0.29) is 30.4 Å². The van der Waals surface area contributed by atoms with Gasteiger partial charge in [0.15, 0.2) is 0 Å². The predicted molar refractivity (Wildman–Crippen MR) is 91.8 cm³/mol. The number of nitrogens with one attached hydrogen (secondary N) is 1. The van der Waals surface area contributed by atoms with Crippen LogP contribution in [0.1, 0.15) is 18.1 Å². The average Bonchev–Trinajstić information content (AvgIpc) is 3.17. The highest BCUT2D eigenvalue weighted by atomic mass is 19.4. The lowest BCUT2D eigenvalue weighted by molar-refractivity contribution is -0.137. The molecule has 1 aliphatic rings. The van der Waals surface area contributed by atoms with Crippen molar-refractivity contribution in [2.24, 2.45) is 0 Å². The zero-order valence-corrected chi connectivity index (χ0v) is 14.7. The minimum absolute atomic E-state index is 0.0262. The van der Waals surface area contributed by atoms with Crippen LogP contribution < -0.4 is 10.2 Å². The fourth-order valence-corrected chi connectivity index (χ4v) is 2.89. The normalized spacial score (nSPS) is 17.1. The van der Waals surface area contributed by atoms with Crippen molar-refractivity contribution < 1.29 is 27.5 Å². The summed E-state index contributed by atoms with van der Waals surface area (Å²) >= 11 is 0. The van der Waals surface area contributed by atoms with E-state index < -0.39 is 23.9 Å². The summed E-state index contributed by atoms with van der Waals surface area (Å²) in [5.74, 6) is -0.282. The molecule has 2 heterocycles. The fourth-order valence-electron chi connectivity index (χ4n) is 2.89. The summed E-state index contributed by atoms with van der Waals surface area (Å²) < 4.78 is 47.3. The van der Waals surface area contributed by atoms with Crippen LogP contribution in [-0.2, 0) is 15.7 Å². The van der Waals surface area contributed by atoms with Gasteiger partial charge in [-0.05, 0) is 36.8 Å². The summed E-state index contributed by atoms with van der Waals surface area (Å²) in [6.07, 6.45) is -2.82. The Kier molecular flexibility index (Phi) is 4.86. The first kappa shape index (κ1) is 18.8. The smallest absolute Gasteiger partial charge is 0.418 e. The largest absolute Gasteiger partial charge is 0.442 e. The number of halogens is 3. The molecule has 0 spiro atoms. The first-order valence-corrected chi connectivity index (χ1v) is 8.24. The van der Waals surface area contributed by atoms with Gasteiger partial charge in [0.1, 0.15) is 6.10 Å². The number of benzene rings is 1. The van der Waals surface area contributed by atoms with Crippen LogP contribution in [0, 0.1) is 6.92 Å². The van der Waals surface area contributed by atoms with E-state index in [1.807, 2.05) is 0 Å². The summed E-state index contributed by atoms with van der Waals surface area (Å²) in [5.41, 5.74) is 0.0387. The number of aryl methyl sites for hydroxylation is 1. The van der Waals surface area contributed by atoms with E-state index in [4.69, 9.17) is 4.74 Å². The number of carbonyl (C=O) groups excluding carboxylic acids is 2. The third-order valence-corrected chi connectivity index (χ3v) is 4.17. The molecule has 0 radical (unpaired) electrons. The van der Waals surface area contributed by atoms with Crippen LogP contribution in [0.15, 0.2) is 36.7 Å². The molecule has 6 nitrogen and oxygen atoms in total. The minimum atomic E-state index is -4.59. The molecule has 3 rings (SSSR count). The number of anilines is 1. The molecule has 2 aromatic rings. The van der Waals surface area contributed by atoms with Crippen molar-refractivity contribution in [1.82, 2.24) is 9.88 Å². The van der Waals surface area contributed by atoms with E-state index in [2.05, 4.69) is 5.32 Å². The predicted octanol–water partition coefficient (Wildman–Crippen LogP) is 3.27. The van der Waals surface area contributed by atoms with E-state index in [1.54, 1.807) is 25.4 Å².